The minimum absolute atomic E-state index is 0.133. The van der Waals surface area contributed by atoms with E-state index in [0.717, 1.165) is 19.3 Å². The van der Waals surface area contributed by atoms with Gasteiger partial charge in [0.2, 0.25) is 5.91 Å². The van der Waals surface area contributed by atoms with Crippen LogP contribution < -0.4 is 10.6 Å². The molecule has 2 amide bonds. The van der Waals surface area contributed by atoms with E-state index >= 15 is 0 Å². The SMILES string of the molecule is CC(C(=O)Nc1ccc(NC(=O)c2ccc3c(c2)CCC3)cc1)n1cncn1. The van der Waals surface area contributed by atoms with E-state index in [4.69, 9.17) is 0 Å². The summed E-state index contributed by atoms with van der Waals surface area (Å²) < 4.78 is 1.49. The third-order valence-corrected chi connectivity index (χ3v) is 4.98. The fraction of sp³-hybridized carbons (Fsp3) is 0.238. The van der Waals surface area contributed by atoms with Crippen LogP contribution in [0.1, 0.15) is 40.9 Å². The van der Waals surface area contributed by atoms with Crippen LogP contribution in [0.3, 0.4) is 0 Å². The Morgan fingerprint density at radius 2 is 1.71 bits per heavy atom. The van der Waals surface area contributed by atoms with Crippen molar-refractivity contribution in [3.05, 3.63) is 71.8 Å². The average molecular weight is 375 g/mol. The van der Waals surface area contributed by atoms with E-state index in [1.807, 2.05) is 18.2 Å². The van der Waals surface area contributed by atoms with Gasteiger partial charge < -0.3 is 10.6 Å². The molecule has 0 spiro atoms. The van der Waals surface area contributed by atoms with E-state index in [1.165, 1.54) is 28.5 Å². The molecule has 2 aromatic carbocycles. The van der Waals surface area contributed by atoms with E-state index in [0.29, 0.717) is 16.9 Å². The van der Waals surface area contributed by atoms with E-state index < -0.39 is 6.04 Å². The summed E-state index contributed by atoms with van der Waals surface area (Å²) in [4.78, 5) is 28.6. The molecule has 0 bridgehead atoms. The standard InChI is InChI=1S/C21H21N5O2/c1-14(26-13-22-12-23-26)20(27)24-18-7-9-19(10-8-18)25-21(28)17-6-5-15-3-2-4-16(15)11-17/h5-14H,2-4H2,1H3,(H,24,27)(H,25,28). The average Bonchev–Trinajstić information content (AvgIpc) is 3.40. The smallest absolute Gasteiger partial charge is 0.255 e. The van der Waals surface area contributed by atoms with Crippen molar-refractivity contribution in [3.63, 3.8) is 0 Å². The van der Waals surface area contributed by atoms with Gasteiger partial charge in [0.1, 0.15) is 18.7 Å². The Bertz CT molecular complexity index is 996. The molecule has 7 nitrogen and oxygen atoms in total. The van der Waals surface area contributed by atoms with Crippen LogP contribution in [0, 0.1) is 0 Å². The first-order valence-corrected chi connectivity index (χ1v) is 9.28. The van der Waals surface area contributed by atoms with Crippen LogP contribution in [0.15, 0.2) is 55.1 Å². The molecule has 2 N–H and O–H groups in total. The fourth-order valence-electron chi connectivity index (χ4n) is 3.34. The zero-order chi connectivity index (χ0) is 19.5. The highest BCUT2D eigenvalue weighted by atomic mass is 16.2. The number of anilines is 2. The number of amides is 2. The lowest BCUT2D eigenvalue weighted by molar-refractivity contribution is -0.119. The highest BCUT2D eigenvalue weighted by Crippen LogP contribution is 2.23. The van der Waals surface area contributed by atoms with Gasteiger partial charge in [0.25, 0.3) is 5.91 Å². The van der Waals surface area contributed by atoms with Crippen molar-refractivity contribution in [1.29, 1.82) is 0 Å². The number of aryl methyl sites for hydroxylation is 2. The Hall–Kier alpha value is -3.48. The molecule has 7 heteroatoms. The summed E-state index contributed by atoms with van der Waals surface area (Å²) in [5, 5.41) is 9.70. The minimum atomic E-state index is -0.471. The molecule has 0 saturated carbocycles. The van der Waals surface area contributed by atoms with E-state index in [2.05, 4.69) is 20.7 Å². The summed E-state index contributed by atoms with van der Waals surface area (Å²) in [6.07, 6.45) is 6.19. The minimum Gasteiger partial charge on any atom is -0.324 e. The Balaban J connectivity index is 1.38. The molecule has 3 aromatic rings. The Labute approximate surface area is 162 Å². The van der Waals surface area contributed by atoms with Gasteiger partial charge in [0.15, 0.2) is 0 Å². The van der Waals surface area contributed by atoms with Crippen molar-refractivity contribution in [3.8, 4) is 0 Å². The first-order chi connectivity index (χ1) is 13.6. The summed E-state index contributed by atoms with van der Waals surface area (Å²) in [5.41, 5.74) is 4.60. The fourth-order valence-corrected chi connectivity index (χ4v) is 3.34. The lowest BCUT2D eigenvalue weighted by atomic mass is 10.1. The van der Waals surface area contributed by atoms with Gasteiger partial charge in [-0.2, -0.15) is 5.10 Å². The Morgan fingerprint density at radius 3 is 2.43 bits per heavy atom. The molecule has 142 valence electrons. The second kappa shape index (κ2) is 7.64. The van der Waals surface area contributed by atoms with Crippen molar-refractivity contribution >= 4 is 23.2 Å². The number of fused-ring (bicyclic) bond motifs is 1. The summed E-state index contributed by atoms with van der Waals surface area (Å²) in [6, 6.07) is 12.5. The van der Waals surface area contributed by atoms with Gasteiger partial charge in [-0.15, -0.1) is 0 Å². The van der Waals surface area contributed by atoms with Crippen LogP contribution >= 0.6 is 0 Å². The topological polar surface area (TPSA) is 88.9 Å². The van der Waals surface area contributed by atoms with Gasteiger partial charge in [0, 0.05) is 16.9 Å². The van der Waals surface area contributed by atoms with Gasteiger partial charge in [-0.3, -0.25) is 9.59 Å². The molecule has 1 atom stereocenters. The maximum absolute atomic E-state index is 12.5. The molecular weight excluding hydrogens is 354 g/mol. The van der Waals surface area contributed by atoms with Crippen molar-refractivity contribution in [2.75, 3.05) is 10.6 Å². The van der Waals surface area contributed by atoms with Crippen molar-refractivity contribution in [2.45, 2.75) is 32.2 Å². The largest absolute Gasteiger partial charge is 0.324 e. The quantitative estimate of drug-likeness (QED) is 0.717. The number of carbonyl (C=O) groups excluding carboxylic acids is 2. The van der Waals surface area contributed by atoms with Crippen molar-refractivity contribution in [2.24, 2.45) is 0 Å². The summed E-state index contributed by atoms with van der Waals surface area (Å²) in [5.74, 6) is -0.327. The highest BCUT2D eigenvalue weighted by molar-refractivity contribution is 6.04. The number of carbonyl (C=O) groups is 2. The van der Waals surface area contributed by atoms with E-state index in [-0.39, 0.29) is 11.8 Å². The second-order valence-electron chi connectivity index (χ2n) is 6.91. The van der Waals surface area contributed by atoms with E-state index in [9.17, 15) is 9.59 Å². The molecule has 0 saturated heterocycles. The van der Waals surface area contributed by atoms with Gasteiger partial charge >= 0.3 is 0 Å². The first-order valence-electron chi connectivity index (χ1n) is 9.28. The number of hydrogen-bond acceptors (Lipinski definition) is 4. The van der Waals surface area contributed by atoms with Crippen LogP contribution in [0.25, 0.3) is 0 Å². The monoisotopic (exact) mass is 375 g/mol. The maximum Gasteiger partial charge on any atom is 0.255 e. The van der Waals surface area contributed by atoms with Crippen molar-refractivity contribution < 1.29 is 9.59 Å². The normalized spacial score (nSPS) is 13.6. The number of rotatable bonds is 5. The lowest BCUT2D eigenvalue weighted by Crippen LogP contribution is -2.24. The third-order valence-electron chi connectivity index (χ3n) is 4.98. The maximum atomic E-state index is 12.5. The zero-order valence-corrected chi connectivity index (χ0v) is 15.6. The summed E-state index contributed by atoms with van der Waals surface area (Å²) in [7, 11) is 0. The highest BCUT2D eigenvalue weighted by Gasteiger charge is 2.16. The molecule has 1 aliphatic carbocycles. The van der Waals surface area contributed by atoms with Crippen LogP contribution in [-0.4, -0.2) is 26.6 Å². The zero-order valence-electron chi connectivity index (χ0n) is 15.6. The number of benzene rings is 2. The molecule has 4 rings (SSSR count). The van der Waals surface area contributed by atoms with Gasteiger partial charge in [-0.05, 0) is 73.7 Å². The summed E-state index contributed by atoms with van der Waals surface area (Å²) >= 11 is 0. The Kier molecular flexibility index (Phi) is 4.89. The second-order valence-corrected chi connectivity index (χ2v) is 6.91. The molecule has 1 aromatic heterocycles. The molecule has 0 fully saturated rings. The number of nitrogens with one attached hydrogen (secondary N) is 2. The van der Waals surface area contributed by atoms with Gasteiger partial charge in [0.05, 0.1) is 0 Å². The van der Waals surface area contributed by atoms with Gasteiger partial charge in [-0.25, -0.2) is 9.67 Å². The molecule has 1 unspecified atom stereocenters. The predicted molar refractivity (Wildman–Crippen MR) is 106 cm³/mol. The summed E-state index contributed by atoms with van der Waals surface area (Å²) in [6.45, 7) is 1.75. The molecule has 28 heavy (non-hydrogen) atoms. The molecule has 1 aliphatic rings. The molecule has 0 aliphatic heterocycles. The van der Waals surface area contributed by atoms with Crippen LogP contribution in [0.4, 0.5) is 11.4 Å². The van der Waals surface area contributed by atoms with Gasteiger partial charge in [-0.1, -0.05) is 6.07 Å². The van der Waals surface area contributed by atoms with Crippen LogP contribution in [0.2, 0.25) is 0 Å². The van der Waals surface area contributed by atoms with E-state index in [1.54, 1.807) is 31.2 Å². The molecule has 0 radical (unpaired) electrons. The number of aromatic nitrogens is 3. The number of hydrogen-bond donors (Lipinski definition) is 2. The molecular formula is C21H21N5O2. The first kappa shape index (κ1) is 17.9. The van der Waals surface area contributed by atoms with Crippen LogP contribution in [-0.2, 0) is 17.6 Å². The Morgan fingerprint density at radius 1 is 1.00 bits per heavy atom. The third kappa shape index (κ3) is 3.78. The molecule has 1 heterocycles. The number of nitrogens with zero attached hydrogens (tertiary/aromatic N) is 3. The lowest BCUT2D eigenvalue weighted by Gasteiger charge is -2.12. The predicted octanol–water partition coefficient (Wildman–Crippen LogP) is 3.22. The van der Waals surface area contributed by atoms with Crippen molar-refractivity contribution in [1.82, 2.24) is 14.8 Å². The van der Waals surface area contributed by atoms with Crippen LogP contribution in [0.5, 0.6) is 0 Å².